The lowest BCUT2D eigenvalue weighted by Gasteiger charge is -2.32. The summed E-state index contributed by atoms with van der Waals surface area (Å²) in [5, 5.41) is 10.7. The van der Waals surface area contributed by atoms with Gasteiger partial charge in [-0.05, 0) is 38.8 Å². The van der Waals surface area contributed by atoms with Crippen LogP contribution in [0.4, 0.5) is 0 Å². The van der Waals surface area contributed by atoms with Crippen LogP contribution in [0.25, 0.3) is 0 Å². The molecular weight excluding hydrogens is 292 g/mol. The first-order chi connectivity index (χ1) is 11.1. The highest BCUT2D eigenvalue weighted by atomic mass is 16.3. The van der Waals surface area contributed by atoms with Crippen molar-refractivity contribution in [2.75, 3.05) is 20.1 Å². The number of nitrogens with zero attached hydrogens (tertiary/aromatic N) is 4. The molecule has 6 heteroatoms. The maximum Gasteiger partial charge on any atom is 0.242 e. The van der Waals surface area contributed by atoms with E-state index in [-0.39, 0.29) is 18.0 Å². The second-order valence-electron chi connectivity index (χ2n) is 6.78. The fraction of sp³-hybridized carbons (Fsp3) is 0.765. The smallest absolute Gasteiger partial charge is 0.242 e. The van der Waals surface area contributed by atoms with Crippen LogP contribution < -0.4 is 0 Å². The predicted octanol–water partition coefficient (Wildman–Crippen LogP) is 0.892. The number of likely N-dealkylation sites (N-methyl/N-ethyl adjacent to an activating group) is 1. The lowest BCUT2D eigenvalue weighted by atomic mass is 10.1. The van der Waals surface area contributed by atoms with Gasteiger partial charge < -0.3 is 14.6 Å². The summed E-state index contributed by atoms with van der Waals surface area (Å²) < 4.78 is 1.90. The van der Waals surface area contributed by atoms with E-state index in [1.165, 1.54) is 12.8 Å². The Balaban J connectivity index is 1.61. The van der Waals surface area contributed by atoms with E-state index >= 15 is 0 Å². The molecule has 1 aromatic heterocycles. The van der Waals surface area contributed by atoms with Crippen molar-refractivity contribution < 1.29 is 9.90 Å². The second-order valence-corrected chi connectivity index (χ2v) is 6.78. The molecule has 2 fully saturated rings. The molecule has 1 N–H and O–H groups in total. The van der Waals surface area contributed by atoms with Crippen molar-refractivity contribution in [1.29, 1.82) is 0 Å². The number of aryl methyl sites for hydroxylation is 1. The number of hydrogen-bond acceptors (Lipinski definition) is 4. The number of rotatable bonds is 5. The van der Waals surface area contributed by atoms with Gasteiger partial charge in [0.25, 0.3) is 0 Å². The van der Waals surface area contributed by atoms with Gasteiger partial charge >= 0.3 is 0 Å². The zero-order valence-electron chi connectivity index (χ0n) is 14.2. The third-order valence-electron chi connectivity index (χ3n) is 5.47. The Kier molecular flexibility index (Phi) is 5.02. The first kappa shape index (κ1) is 16.5. The average Bonchev–Trinajstić information content (AvgIpc) is 3.26. The SMILES string of the molecule is CCc1nccn1CC(=O)N(C)[C@@H]1CC[C@@H](N2CCCC2)[C@@H]1O. The van der Waals surface area contributed by atoms with E-state index in [0.717, 1.165) is 38.2 Å². The van der Waals surface area contributed by atoms with Gasteiger partial charge in [0.1, 0.15) is 12.4 Å². The minimum atomic E-state index is -0.435. The summed E-state index contributed by atoms with van der Waals surface area (Å²) in [6, 6.07) is 0.152. The summed E-state index contributed by atoms with van der Waals surface area (Å²) in [5.74, 6) is 0.970. The zero-order valence-corrected chi connectivity index (χ0v) is 14.2. The molecule has 3 atom stereocenters. The third kappa shape index (κ3) is 3.28. The van der Waals surface area contributed by atoms with E-state index in [1.807, 2.05) is 24.7 Å². The lowest BCUT2D eigenvalue weighted by Crippen LogP contribution is -2.49. The molecule has 0 spiro atoms. The Morgan fingerprint density at radius 3 is 2.83 bits per heavy atom. The van der Waals surface area contributed by atoms with Gasteiger partial charge in [-0.15, -0.1) is 0 Å². The predicted molar refractivity (Wildman–Crippen MR) is 88.0 cm³/mol. The van der Waals surface area contributed by atoms with Gasteiger partial charge in [0.05, 0.1) is 12.1 Å². The molecule has 1 saturated heterocycles. The third-order valence-corrected chi connectivity index (χ3v) is 5.47. The van der Waals surface area contributed by atoms with Crippen molar-refractivity contribution >= 4 is 5.91 Å². The normalized spacial score (nSPS) is 28.4. The highest BCUT2D eigenvalue weighted by Gasteiger charge is 2.41. The number of aliphatic hydroxyl groups is 1. The summed E-state index contributed by atoms with van der Waals surface area (Å²) in [6.45, 7) is 4.51. The molecule has 0 unspecified atom stereocenters. The van der Waals surface area contributed by atoms with E-state index in [4.69, 9.17) is 0 Å². The molecule has 0 bridgehead atoms. The fourth-order valence-electron chi connectivity index (χ4n) is 4.07. The molecule has 1 amide bonds. The maximum absolute atomic E-state index is 12.6. The van der Waals surface area contributed by atoms with Crippen LogP contribution in [0.2, 0.25) is 0 Å². The van der Waals surface area contributed by atoms with Crippen LogP contribution in [0.1, 0.15) is 38.4 Å². The van der Waals surface area contributed by atoms with Crippen LogP contribution in [-0.4, -0.2) is 68.7 Å². The Labute approximate surface area is 138 Å². The van der Waals surface area contributed by atoms with Gasteiger partial charge in [-0.3, -0.25) is 9.69 Å². The number of imidazole rings is 1. The highest BCUT2D eigenvalue weighted by Crippen LogP contribution is 2.30. The van der Waals surface area contributed by atoms with E-state index in [2.05, 4.69) is 9.88 Å². The van der Waals surface area contributed by atoms with Gasteiger partial charge in [0.2, 0.25) is 5.91 Å². The van der Waals surface area contributed by atoms with Crippen molar-refractivity contribution in [3.8, 4) is 0 Å². The average molecular weight is 320 g/mol. The first-order valence-electron chi connectivity index (χ1n) is 8.79. The standard InChI is InChI=1S/C17H28N4O2/c1-3-15-18-8-11-21(15)12-16(22)19(2)13-6-7-14(17(13)23)20-9-4-5-10-20/h8,11,13-14,17,23H,3-7,9-10,12H2,1-2H3/t13-,14-,17-/m1/s1. The quantitative estimate of drug-likeness (QED) is 0.875. The number of carbonyl (C=O) groups excluding carboxylic acids is 1. The molecule has 2 aliphatic rings. The number of aliphatic hydroxyl groups excluding tert-OH is 1. The van der Waals surface area contributed by atoms with Crippen LogP contribution in [0.15, 0.2) is 12.4 Å². The summed E-state index contributed by atoms with van der Waals surface area (Å²) in [7, 11) is 1.82. The first-order valence-corrected chi connectivity index (χ1v) is 8.79. The van der Waals surface area contributed by atoms with Crippen LogP contribution in [-0.2, 0) is 17.8 Å². The number of aromatic nitrogens is 2. The van der Waals surface area contributed by atoms with Crippen LogP contribution >= 0.6 is 0 Å². The Bertz CT molecular complexity index is 538. The molecule has 0 radical (unpaired) electrons. The molecular formula is C17H28N4O2. The summed E-state index contributed by atoms with van der Waals surface area (Å²) in [4.78, 5) is 21.0. The summed E-state index contributed by atoms with van der Waals surface area (Å²) >= 11 is 0. The van der Waals surface area contributed by atoms with Crippen molar-refractivity contribution in [3.63, 3.8) is 0 Å². The van der Waals surface area contributed by atoms with Gasteiger partial charge in [0, 0.05) is 31.9 Å². The Morgan fingerprint density at radius 2 is 2.13 bits per heavy atom. The Hall–Kier alpha value is -1.40. The molecule has 128 valence electrons. The fourth-order valence-corrected chi connectivity index (χ4v) is 4.07. The number of carbonyl (C=O) groups is 1. The Morgan fingerprint density at radius 1 is 1.39 bits per heavy atom. The zero-order chi connectivity index (χ0) is 16.4. The monoisotopic (exact) mass is 320 g/mol. The molecule has 1 aliphatic carbocycles. The van der Waals surface area contributed by atoms with Crippen LogP contribution in [0, 0.1) is 0 Å². The van der Waals surface area contributed by atoms with E-state index in [0.29, 0.717) is 6.54 Å². The molecule has 6 nitrogen and oxygen atoms in total. The molecule has 23 heavy (non-hydrogen) atoms. The number of amides is 1. The second kappa shape index (κ2) is 7.01. The summed E-state index contributed by atoms with van der Waals surface area (Å²) in [6.07, 6.45) is 8.28. The van der Waals surface area contributed by atoms with E-state index in [1.54, 1.807) is 11.1 Å². The minimum absolute atomic E-state index is 0.0452. The van der Waals surface area contributed by atoms with Gasteiger partial charge in [0.15, 0.2) is 0 Å². The minimum Gasteiger partial charge on any atom is -0.389 e. The molecule has 3 rings (SSSR count). The van der Waals surface area contributed by atoms with Crippen molar-refractivity contribution in [2.45, 2.75) is 63.8 Å². The molecule has 0 aromatic carbocycles. The van der Waals surface area contributed by atoms with Crippen molar-refractivity contribution in [1.82, 2.24) is 19.4 Å². The topological polar surface area (TPSA) is 61.6 Å². The molecule has 1 aliphatic heterocycles. The van der Waals surface area contributed by atoms with Crippen molar-refractivity contribution in [3.05, 3.63) is 18.2 Å². The van der Waals surface area contributed by atoms with Crippen LogP contribution in [0.5, 0.6) is 0 Å². The van der Waals surface area contributed by atoms with Gasteiger partial charge in [-0.2, -0.15) is 0 Å². The largest absolute Gasteiger partial charge is 0.389 e. The molecule has 1 saturated carbocycles. The van der Waals surface area contributed by atoms with Crippen molar-refractivity contribution in [2.24, 2.45) is 0 Å². The van der Waals surface area contributed by atoms with Crippen LogP contribution in [0.3, 0.4) is 0 Å². The maximum atomic E-state index is 12.6. The molecule has 2 heterocycles. The number of hydrogen-bond donors (Lipinski definition) is 1. The lowest BCUT2D eigenvalue weighted by molar-refractivity contribution is -0.134. The number of likely N-dealkylation sites (tertiary alicyclic amines) is 1. The van der Waals surface area contributed by atoms with Gasteiger partial charge in [-0.25, -0.2) is 4.98 Å². The summed E-state index contributed by atoms with van der Waals surface area (Å²) in [5.41, 5.74) is 0. The molecule has 1 aromatic rings. The van der Waals surface area contributed by atoms with E-state index in [9.17, 15) is 9.90 Å². The highest BCUT2D eigenvalue weighted by molar-refractivity contribution is 5.76. The van der Waals surface area contributed by atoms with Gasteiger partial charge in [-0.1, -0.05) is 6.92 Å². The van der Waals surface area contributed by atoms with E-state index < -0.39 is 6.10 Å².